The summed E-state index contributed by atoms with van der Waals surface area (Å²) >= 11 is 3.49. The summed E-state index contributed by atoms with van der Waals surface area (Å²) in [5.41, 5.74) is 2.02. The molecule has 5 nitrogen and oxygen atoms in total. The summed E-state index contributed by atoms with van der Waals surface area (Å²) in [4.78, 5) is 19.5. The smallest absolute Gasteiger partial charge is 0.224 e. The number of hydrogen-bond acceptors (Lipinski definition) is 3. The molecule has 0 spiro atoms. The number of nitrogens with one attached hydrogen (secondary N) is 1. The molecule has 0 bridgehead atoms. The van der Waals surface area contributed by atoms with E-state index >= 15 is 0 Å². The van der Waals surface area contributed by atoms with Crippen LogP contribution in [0.4, 0.5) is 0 Å². The molecule has 1 N–H and O–H groups in total. The highest BCUT2D eigenvalue weighted by molar-refractivity contribution is 9.10. The molecule has 0 radical (unpaired) electrons. The largest absolute Gasteiger partial charge is 0.356 e. The zero-order valence-electron chi connectivity index (χ0n) is 15.6. The van der Waals surface area contributed by atoms with Crippen LogP contribution in [-0.4, -0.2) is 39.8 Å². The van der Waals surface area contributed by atoms with Gasteiger partial charge in [0.1, 0.15) is 5.65 Å². The average Bonchev–Trinajstić information content (AvgIpc) is 3.03. The number of halogens is 1. The highest BCUT2D eigenvalue weighted by Gasteiger charge is 2.25. The Hall–Kier alpha value is -1.40. The Morgan fingerprint density at radius 2 is 2.19 bits per heavy atom. The van der Waals surface area contributed by atoms with Crippen molar-refractivity contribution >= 4 is 27.5 Å². The fourth-order valence-electron chi connectivity index (χ4n) is 3.64. The van der Waals surface area contributed by atoms with E-state index in [0.717, 1.165) is 61.3 Å². The molecule has 6 heteroatoms. The number of fused-ring (bicyclic) bond motifs is 1. The van der Waals surface area contributed by atoms with Gasteiger partial charge in [-0.1, -0.05) is 26.2 Å². The second-order valence-corrected chi connectivity index (χ2v) is 8.19. The monoisotopic (exact) mass is 420 g/mol. The third kappa shape index (κ3) is 5.30. The van der Waals surface area contributed by atoms with Crippen LogP contribution in [0.25, 0.3) is 5.65 Å². The summed E-state index contributed by atoms with van der Waals surface area (Å²) in [7, 11) is 0. The van der Waals surface area contributed by atoms with E-state index in [2.05, 4.69) is 39.3 Å². The maximum atomic E-state index is 12.4. The van der Waals surface area contributed by atoms with Crippen LogP contribution in [0.2, 0.25) is 0 Å². The number of hydrogen-bond donors (Lipinski definition) is 1. The van der Waals surface area contributed by atoms with Crippen LogP contribution in [0.3, 0.4) is 0 Å². The predicted molar refractivity (Wildman–Crippen MR) is 108 cm³/mol. The van der Waals surface area contributed by atoms with E-state index in [9.17, 15) is 4.79 Å². The van der Waals surface area contributed by atoms with Gasteiger partial charge in [-0.05, 0) is 53.9 Å². The van der Waals surface area contributed by atoms with E-state index in [4.69, 9.17) is 4.98 Å². The number of likely N-dealkylation sites (tertiary alicyclic amines) is 1. The minimum atomic E-state index is 0.112. The van der Waals surface area contributed by atoms with Crippen LogP contribution in [0.1, 0.15) is 51.1 Å². The molecule has 142 valence electrons. The Morgan fingerprint density at radius 3 is 3.04 bits per heavy atom. The van der Waals surface area contributed by atoms with E-state index in [1.165, 1.54) is 19.3 Å². The van der Waals surface area contributed by atoms with Crippen molar-refractivity contribution in [2.45, 2.75) is 52.0 Å². The number of unbranched alkanes of at least 4 members (excludes halogenated alkanes) is 3. The van der Waals surface area contributed by atoms with Crippen molar-refractivity contribution in [1.82, 2.24) is 19.6 Å². The third-order valence-electron chi connectivity index (χ3n) is 5.06. The highest BCUT2D eigenvalue weighted by Crippen LogP contribution is 2.19. The van der Waals surface area contributed by atoms with Gasteiger partial charge in [-0.2, -0.15) is 0 Å². The van der Waals surface area contributed by atoms with Gasteiger partial charge in [0.25, 0.3) is 0 Å². The van der Waals surface area contributed by atoms with E-state index in [1.807, 2.05) is 22.7 Å². The zero-order valence-corrected chi connectivity index (χ0v) is 17.2. The zero-order chi connectivity index (χ0) is 18.4. The molecule has 2 aromatic heterocycles. The molecule has 1 unspecified atom stereocenters. The molecule has 1 amide bonds. The minimum absolute atomic E-state index is 0.112. The van der Waals surface area contributed by atoms with Gasteiger partial charge in [-0.3, -0.25) is 9.69 Å². The molecule has 0 aliphatic carbocycles. The molecule has 1 saturated heterocycles. The second-order valence-electron chi connectivity index (χ2n) is 7.27. The lowest BCUT2D eigenvalue weighted by Crippen LogP contribution is -2.42. The molecule has 3 rings (SSSR count). The fraction of sp³-hybridized carbons (Fsp3) is 0.600. The molecule has 2 aromatic rings. The number of carbonyl (C=O) groups is 1. The number of pyridine rings is 1. The third-order valence-corrected chi connectivity index (χ3v) is 5.53. The van der Waals surface area contributed by atoms with E-state index in [0.29, 0.717) is 0 Å². The summed E-state index contributed by atoms with van der Waals surface area (Å²) in [6.45, 7) is 5.70. The van der Waals surface area contributed by atoms with Crippen molar-refractivity contribution in [2.75, 3.05) is 19.6 Å². The molecular formula is C20H29BrN4O. The quantitative estimate of drug-likeness (QED) is 0.656. The van der Waals surface area contributed by atoms with Gasteiger partial charge < -0.3 is 9.72 Å². The number of amides is 1. The Morgan fingerprint density at radius 1 is 1.31 bits per heavy atom. The van der Waals surface area contributed by atoms with Crippen molar-refractivity contribution in [1.29, 1.82) is 0 Å². The molecule has 1 aliphatic rings. The van der Waals surface area contributed by atoms with Crippen LogP contribution >= 0.6 is 15.9 Å². The molecule has 3 heterocycles. The molecular weight excluding hydrogens is 392 g/mol. The number of imidazole rings is 1. The molecule has 0 saturated carbocycles. The Bertz CT molecular complexity index is 730. The summed E-state index contributed by atoms with van der Waals surface area (Å²) < 4.78 is 3.09. The van der Waals surface area contributed by atoms with Crippen LogP contribution in [0.15, 0.2) is 29.0 Å². The van der Waals surface area contributed by atoms with Gasteiger partial charge in [0.05, 0.1) is 11.6 Å². The maximum absolute atomic E-state index is 12.4. The van der Waals surface area contributed by atoms with Gasteiger partial charge in [0, 0.05) is 36.5 Å². The number of carbonyl (C=O) groups excluding carboxylic acids is 1. The standard InChI is InChI=1S/C20H29BrN4O/c1-2-3-4-5-10-22-20(26)16-7-6-11-24(12-16)14-18-15-25-13-17(21)8-9-19(25)23-18/h8-9,13,15-16H,2-7,10-12,14H2,1H3,(H,22,26). The van der Waals surface area contributed by atoms with Gasteiger partial charge in [0.15, 0.2) is 0 Å². The normalized spacial score (nSPS) is 18.3. The summed E-state index contributed by atoms with van der Waals surface area (Å²) in [5.74, 6) is 0.339. The summed E-state index contributed by atoms with van der Waals surface area (Å²) in [5, 5.41) is 3.13. The first-order valence-electron chi connectivity index (χ1n) is 9.79. The number of piperidine rings is 1. The first kappa shape index (κ1) is 19.4. The van der Waals surface area contributed by atoms with Gasteiger partial charge in [-0.15, -0.1) is 0 Å². The number of aromatic nitrogens is 2. The second kappa shape index (κ2) is 9.51. The lowest BCUT2D eigenvalue weighted by atomic mass is 9.97. The van der Waals surface area contributed by atoms with Crippen molar-refractivity contribution in [3.8, 4) is 0 Å². The predicted octanol–water partition coefficient (Wildman–Crippen LogP) is 4.01. The van der Waals surface area contributed by atoms with Crippen molar-refractivity contribution < 1.29 is 4.79 Å². The maximum Gasteiger partial charge on any atom is 0.224 e. The number of nitrogens with zero attached hydrogens (tertiary/aromatic N) is 3. The topological polar surface area (TPSA) is 49.6 Å². The Balaban J connectivity index is 1.50. The minimum Gasteiger partial charge on any atom is -0.356 e. The van der Waals surface area contributed by atoms with E-state index in [1.54, 1.807) is 0 Å². The number of rotatable bonds is 8. The molecule has 1 atom stereocenters. The SMILES string of the molecule is CCCCCCNC(=O)C1CCCN(Cc2cn3cc(Br)ccc3n2)C1. The molecule has 1 aliphatic heterocycles. The Kier molecular flexibility index (Phi) is 7.08. The first-order valence-corrected chi connectivity index (χ1v) is 10.6. The highest BCUT2D eigenvalue weighted by atomic mass is 79.9. The van der Waals surface area contributed by atoms with Crippen LogP contribution in [-0.2, 0) is 11.3 Å². The molecule has 1 fully saturated rings. The van der Waals surface area contributed by atoms with Crippen LogP contribution < -0.4 is 5.32 Å². The lowest BCUT2D eigenvalue weighted by molar-refractivity contribution is -0.126. The molecule has 0 aromatic carbocycles. The van der Waals surface area contributed by atoms with Crippen molar-refractivity contribution in [3.05, 3.63) is 34.7 Å². The van der Waals surface area contributed by atoms with Crippen molar-refractivity contribution in [2.24, 2.45) is 5.92 Å². The first-order chi connectivity index (χ1) is 12.7. The molecule has 26 heavy (non-hydrogen) atoms. The van der Waals surface area contributed by atoms with Crippen molar-refractivity contribution in [3.63, 3.8) is 0 Å². The van der Waals surface area contributed by atoms with Crippen LogP contribution in [0, 0.1) is 5.92 Å². The van der Waals surface area contributed by atoms with Crippen LogP contribution in [0.5, 0.6) is 0 Å². The summed E-state index contributed by atoms with van der Waals surface area (Å²) in [6, 6.07) is 4.02. The summed E-state index contributed by atoms with van der Waals surface area (Å²) in [6.07, 6.45) is 11.0. The van der Waals surface area contributed by atoms with Gasteiger partial charge >= 0.3 is 0 Å². The Labute approximate surface area is 164 Å². The fourth-order valence-corrected chi connectivity index (χ4v) is 4.00. The van der Waals surface area contributed by atoms with Gasteiger partial charge in [-0.25, -0.2) is 4.98 Å². The van der Waals surface area contributed by atoms with Gasteiger partial charge in [0.2, 0.25) is 5.91 Å². The van der Waals surface area contributed by atoms with E-state index in [-0.39, 0.29) is 11.8 Å². The van der Waals surface area contributed by atoms with E-state index < -0.39 is 0 Å². The average molecular weight is 421 g/mol. The lowest BCUT2D eigenvalue weighted by Gasteiger charge is -2.31.